The SMILES string of the molecule is FC(F)Cn1ncc2ncc(NC3CCC4(CCN(c5ccc(C(F)(F)F)nc5)CC4)C3)nc21. The molecule has 1 unspecified atom stereocenters. The largest absolute Gasteiger partial charge is 0.433 e. The van der Waals surface area contributed by atoms with Gasteiger partial charge in [0, 0.05) is 19.1 Å². The molecule has 34 heavy (non-hydrogen) atoms. The monoisotopic (exact) mass is 481 g/mol. The van der Waals surface area contributed by atoms with Crippen LogP contribution in [-0.2, 0) is 12.7 Å². The molecule has 7 nitrogen and oxygen atoms in total. The van der Waals surface area contributed by atoms with E-state index in [1.54, 1.807) is 6.20 Å². The lowest BCUT2D eigenvalue weighted by Crippen LogP contribution is -2.39. The minimum Gasteiger partial charge on any atom is -0.370 e. The molecule has 1 N–H and O–H groups in total. The van der Waals surface area contributed by atoms with Crippen LogP contribution in [0.1, 0.15) is 37.8 Å². The molecule has 1 spiro atoms. The quantitative estimate of drug-likeness (QED) is 0.530. The summed E-state index contributed by atoms with van der Waals surface area (Å²) in [6.45, 7) is 0.996. The van der Waals surface area contributed by atoms with E-state index in [9.17, 15) is 22.0 Å². The zero-order valence-electron chi connectivity index (χ0n) is 18.3. The molecule has 1 aliphatic heterocycles. The highest BCUT2D eigenvalue weighted by molar-refractivity contribution is 5.71. The van der Waals surface area contributed by atoms with Crippen molar-refractivity contribution in [2.45, 2.75) is 57.3 Å². The van der Waals surface area contributed by atoms with Gasteiger partial charge >= 0.3 is 6.18 Å². The predicted octanol–water partition coefficient (Wildman–Crippen LogP) is 4.76. The van der Waals surface area contributed by atoms with Gasteiger partial charge in [0.05, 0.1) is 24.3 Å². The van der Waals surface area contributed by atoms with E-state index in [0.717, 1.165) is 51.3 Å². The molecule has 3 aromatic heterocycles. The number of hydrogen-bond donors (Lipinski definition) is 1. The Labute approximate surface area is 192 Å². The molecule has 0 amide bonds. The van der Waals surface area contributed by atoms with E-state index in [1.165, 1.54) is 23.1 Å². The molecule has 0 bridgehead atoms. The summed E-state index contributed by atoms with van der Waals surface area (Å²) >= 11 is 0. The summed E-state index contributed by atoms with van der Waals surface area (Å²) in [4.78, 5) is 14.4. The van der Waals surface area contributed by atoms with Gasteiger partial charge in [-0.25, -0.2) is 28.4 Å². The van der Waals surface area contributed by atoms with Crippen molar-refractivity contribution in [3.63, 3.8) is 0 Å². The van der Waals surface area contributed by atoms with Crippen molar-refractivity contribution in [2.75, 3.05) is 23.3 Å². The molecular weight excluding hydrogens is 457 g/mol. The van der Waals surface area contributed by atoms with Crippen molar-refractivity contribution in [3.05, 3.63) is 36.4 Å². The van der Waals surface area contributed by atoms with E-state index in [0.29, 0.717) is 22.7 Å². The number of anilines is 2. The normalized spacial score (nSPS) is 20.5. The lowest BCUT2D eigenvalue weighted by molar-refractivity contribution is -0.141. The number of nitrogens with zero attached hydrogens (tertiary/aromatic N) is 6. The highest BCUT2D eigenvalue weighted by Crippen LogP contribution is 2.47. The Kier molecular flexibility index (Phi) is 5.76. The average Bonchev–Trinajstić information content (AvgIpc) is 3.37. The first-order valence-corrected chi connectivity index (χ1v) is 11.2. The Hall–Kier alpha value is -3.05. The topological polar surface area (TPSA) is 71.8 Å². The molecule has 0 radical (unpaired) electrons. The van der Waals surface area contributed by atoms with E-state index in [1.807, 2.05) is 0 Å². The third-order valence-electron chi connectivity index (χ3n) is 6.94. The zero-order chi connectivity index (χ0) is 23.9. The Balaban J connectivity index is 1.19. The van der Waals surface area contributed by atoms with Gasteiger partial charge in [-0.2, -0.15) is 18.3 Å². The van der Waals surface area contributed by atoms with Crippen LogP contribution in [0.5, 0.6) is 0 Å². The number of hydrogen-bond acceptors (Lipinski definition) is 6. The third-order valence-corrected chi connectivity index (χ3v) is 6.94. The van der Waals surface area contributed by atoms with E-state index in [2.05, 4.69) is 30.3 Å². The van der Waals surface area contributed by atoms with Gasteiger partial charge in [-0.05, 0) is 49.7 Å². The second kappa shape index (κ2) is 8.62. The van der Waals surface area contributed by atoms with Gasteiger partial charge in [0.1, 0.15) is 23.6 Å². The standard InChI is InChI=1S/C22H24F5N7/c23-18(24)13-34-20-16(11-30-34)28-12-19(32-20)31-14-3-4-21(9-14)5-7-33(8-6-21)15-1-2-17(29-10-15)22(25,26)27/h1-2,10-12,14,18H,3-9,13H2,(H,31,32). The number of pyridine rings is 1. The van der Waals surface area contributed by atoms with Crippen molar-refractivity contribution >= 4 is 22.7 Å². The molecule has 12 heteroatoms. The minimum absolute atomic E-state index is 0.169. The number of aromatic nitrogens is 5. The fourth-order valence-electron chi connectivity index (χ4n) is 5.16. The van der Waals surface area contributed by atoms with E-state index < -0.39 is 24.8 Å². The van der Waals surface area contributed by atoms with Gasteiger partial charge in [-0.3, -0.25) is 0 Å². The molecule has 1 saturated carbocycles. The predicted molar refractivity (Wildman–Crippen MR) is 116 cm³/mol. The van der Waals surface area contributed by atoms with Crippen LogP contribution in [0.4, 0.5) is 33.5 Å². The smallest absolute Gasteiger partial charge is 0.370 e. The fraction of sp³-hybridized carbons (Fsp3) is 0.545. The van der Waals surface area contributed by atoms with Crippen LogP contribution in [0.3, 0.4) is 0 Å². The van der Waals surface area contributed by atoms with Crippen molar-refractivity contribution in [2.24, 2.45) is 5.41 Å². The summed E-state index contributed by atoms with van der Waals surface area (Å²) in [5.74, 6) is 0.541. The van der Waals surface area contributed by atoms with Gasteiger partial charge in [0.25, 0.3) is 6.43 Å². The van der Waals surface area contributed by atoms with Crippen LogP contribution in [-0.4, -0.2) is 50.3 Å². The molecule has 0 aromatic carbocycles. The van der Waals surface area contributed by atoms with Crippen molar-refractivity contribution < 1.29 is 22.0 Å². The van der Waals surface area contributed by atoms with Crippen LogP contribution in [0.25, 0.3) is 11.2 Å². The van der Waals surface area contributed by atoms with E-state index in [-0.39, 0.29) is 11.5 Å². The van der Waals surface area contributed by atoms with Crippen LogP contribution in [0.15, 0.2) is 30.7 Å². The molecule has 1 atom stereocenters. The molecule has 2 fully saturated rings. The van der Waals surface area contributed by atoms with Gasteiger partial charge in [-0.15, -0.1) is 0 Å². The van der Waals surface area contributed by atoms with Gasteiger partial charge in [-0.1, -0.05) is 0 Å². The zero-order valence-corrected chi connectivity index (χ0v) is 18.3. The summed E-state index contributed by atoms with van der Waals surface area (Å²) in [5, 5.41) is 7.35. The lowest BCUT2D eigenvalue weighted by Gasteiger charge is -2.40. The van der Waals surface area contributed by atoms with Crippen molar-refractivity contribution in [1.29, 1.82) is 0 Å². The summed E-state index contributed by atoms with van der Waals surface area (Å²) < 4.78 is 65.0. The highest BCUT2D eigenvalue weighted by Gasteiger charge is 2.41. The average molecular weight is 481 g/mol. The Morgan fingerprint density at radius 2 is 1.85 bits per heavy atom. The molecule has 4 heterocycles. The number of fused-ring (bicyclic) bond motifs is 1. The highest BCUT2D eigenvalue weighted by atomic mass is 19.4. The first kappa shape index (κ1) is 22.7. The van der Waals surface area contributed by atoms with Crippen LogP contribution in [0, 0.1) is 5.41 Å². The summed E-state index contributed by atoms with van der Waals surface area (Å²) in [7, 11) is 0. The molecule has 2 aliphatic rings. The second-order valence-corrected chi connectivity index (χ2v) is 9.15. The third kappa shape index (κ3) is 4.62. The fourth-order valence-corrected chi connectivity index (χ4v) is 5.16. The molecule has 5 rings (SSSR count). The number of nitrogens with one attached hydrogen (secondary N) is 1. The van der Waals surface area contributed by atoms with Crippen LogP contribution in [0.2, 0.25) is 0 Å². The second-order valence-electron chi connectivity index (χ2n) is 9.15. The first-order chi connectivity index (χ1) is 16.2. The number of piperidine rings is 1. The number of alkyl halides is 5. The van der Waals surface area contributed by atoms with Crippen LogP contribution >= 0.6 is 0 Å². The maximum Gasteiger partial charge on any atom is 0.433 e. The Morgan fingerprint density at radius 1 is 1.06 bits per heavy atom. The molecule has 1 aliphatic carbocycles. The van der Waals surface area contributed by atoms with Gasteiger partial charge in [0.2, 0.25) is 0 Å². The summed E-state index contributed by atoms with van der Waals surface area (Å²) in [5.41, 5.74) is 0.797. The molecule has 3 aromatic rings. The summed E-state index contributed by atoms with van der Waals surface area (Å²) in [6, 6.07) is 2.71. The molecule has 1 saturated heterocycles. The maximum atomic E-state index is 12.8. The first-order valence-electron chi connectivity index (χ1n) is 11.2. The van der Waals surface area contributed by atoms with E-state index >= 15 is 0 Å². The van der Waals surface area contributed by atoms with Crippen molar-refractivity contribution in [3.8, 4) is 0 Å². The van der Waals surface area contributed by atoms with E-state index in [4.69, 9.17) is 0 Å². The minimum atomic E-state index is -4.44. The molecule has 182 valence electrons. The number of rotatable bonds is 5. The Bertz CT molecular complexity index is 1140. The van der Waals surface area contributed by atoms with Crippen molar-refractivity contribution in [1.82, 2.24) is 24.7 Å². The molecular formula is C22H24F5N7. The lowest BCUT2D eigenvalue weighted by atomic mass is 9.76. The van der Waals surface area contributed by atoms with Gasteiger partial charge < -0.3 is 10.2 Å². The Morgan fingerprint density at radius 3 is 2.53 bits per heavy atom. The van der Waals surface area contributed by atoms with Gasteiger partial charge in [0.15, 0.2) is 5.65 Å². The maximum absolute atomic E-state index is 12.8. The summed E-state index contributed by atoms with van der Waals surface area (Å²) in [6.07, 6.45) is 2.20. The van der Waals surface area contributed by atoms with Crippen LogP contribution < -0.4 is 10.2 Å². The number of halogens is 5.